The Morgan fingerprint density at radius 2 is 2.23 bits per heavy atom. The molecule has 1 aromatic carbocycles. The van der Waals surface area contributed by atoms with Crippen LogP contribution in [0.3, 0.4) is 0 Å². The summed E-state index contributed by atoms with van der Waals surface area (Å²) in [7, 11) is 0. The summed E-state index contributed by atoms with van der Waals surface area (Å²) >= 11 is 1.72. The molecule has 2 fully saturated rings. The second-order valence-electron chi connectivity index (χ2n) is 7.27. The predicted molar refractivity (Wildman–Crippen MR) is 102 cm³/mol. The second kappa shape index (κ2) is 7.86. The Morgan fingerprint density at radius 1 is 1.38 bits per heavy atom. The van der Waals surface area contributed by atoms with Gasteiger partial charge in [0.05, 0.1) is 26.2 Å². The van der Waals surface area contributed by atoms with Crippen molar-refractivity contribution in [1.29, 1.82) is 0 Å². The van der Waals surface area contributed by atoms with Crippen molar-refractivity contribution in [1.82, 2.24) is 9.88 Å². The van der Waals surface area contributed by atoms with Gasteiger partial charge in [0.25, 0.3) is 5.91 Å². The second-order valence-corrected chi connectivity index (χ2v) is 8.13. The molecular weight excluding hydrogens is 346 g/mol. The van der Waals surface area contributed by atoms with Crippen LogP contribution in [-0.2, 0) is 16.1 Å². The number of quaternary nitrogens is 1. The third-order valence-corrected chi connectivity index (χ3v) is 6.18. The van der Waals surface area contributed by atoms with Gasteiger partial charge in [0.2, 0.25) is 0 Å². The molecule has 0 bridgehead atoms. The molecule has 4 rings (SSSR count). The fraction of sp³-hybridized carbons (Fsp3) is 0.500. The van der Waals surface area contributed by atoms with Gasteiger partial charge >= 0.3 is 0 Å². The Morgan fingerprint density at radius 3 is 2.96 bits per heavy atom. The van der Waals surface area contributed by atoms with Crippen LogP contribution < -0.4 is 4.90 Å². The summed E-state index contributed by atoms with van der Waals surface area (Å²) in [5.74, 6) is 0.192. The molecule has 26 heavy (non-hydrogen) atoms. The molecule has 2 saturated heterocycles. The van der Waals surface area contributed by atoms with Crippen molar-refractivity contribution in [3.05, 3.63) is 40.9 Å². The van der Waals surface area contributed by atoms with E-state index in [2.05, 4.69) is 36.6 Å². The van der Waals surface area contributed by atoms with Crippen LogP contribution >= 0.6 is 11.3 Å². The number of rotatable bonds is 4. The molecule has 1 atom stereocenters. The minimum Gasteiger partial charge on any atom is -0.368 e. The highest BCUT2D eigenvalue weighted by Crippen LogP contribution is 2.24. The standard InChI is InChI=1S/C20H25N3O2S/c1-15-4-2-5-16(12-15)19-21-17(14-26-19)13-22-7-9-23(10-8-22)20(24)18-6-3-11-25-18/h2,4-5,12,14,18H,3,6-11,13H2,1H3/p+1/t18-/m1/s1. The number of ether oxygens (including phenoxy) is 1. The fourth-order valence-corrected chi connectivity index (χ4v) is 4.57. The third-order valence-electron chi connectivity index (χ3n) is 5.24. The molecule has 6 heteroatoms. The molecule has 1 aromatic heterocycles. The van der Waals surface area contributed by atoms with E-state index in [1.807, 2.05) is 4.90 Å². The van der Waals surface area contributed by atoms with Crippen molar-refractivity contribution in [2.24, 2.45) is 0 Å². The number of carbonyl (C=O) groups is 1. The van der Waals surface area contributed by atoms with Crippen LogP contribution in [0.5, 0.6) is 0 Å². The van der Waals surface area contributed by atoms with Crippen molar-refractivity contribution < 1.29 is 14.4 Å². The maximum absolute atomic E-state index is 12.4. The lowest BCUT2D eigenvalue weighted by Gasteiger charge is -2.33. The van der Waals surface area contributed by atoms with Gasteiger partial charge < -0.3 is 14.5 Å². The van der Waals surface area contributed by atoms with Crippen molar-refractivity contribution in [3.8, 4) is 10.6 Å². The Bertz CT molecular complexity index is 762. The Balaban J connectivity index is 1.31. The van der Waals surface area contributed by atoms with Crippen LogP contribution in [-0.4, -0.2) is 54.7 Å². The van der Waals surface area contributed by atoms with Crippen LogP contribution in [0.15, 0.2) is 29.6 Å². The van der Waals surface area contributed by atoms with Crippen molar-refractivity contribution in [3.63, 3.8) is 0 Å². The van der Waals surface area contributed by atoms with E-state index in [1.54, 1.807) is 11.3 Å². The molecule has 2 aliphatic rings. The summed E-state index contributed by atoms with van der Waals surface area (Å²) in [6.45, 7) is 7.38. The molecule has 0 spiro atoms. The molecule has 3 heterocycles. The monoisotopic (exact) mass is 372 g/mol. The average molecular weight is 373 g/mol. The Kier molecular flexibility index (Phi) is 5.33. The lowest BCUT2D eigenvalue weighted by Crippen LogP contribution is -3.13. The quantitative estimate of drug-likeness (QED) is 0.885. The SMILES string of the molecule is Cc1cccc(-c2nc(C[NH+]3CCN(C(=O)[C@H]4CCCO4)CC3)cs2)c1. The van der Waals surface area contributed by atoms with E-state index >= 15 is 0 Å². The number of nitrogens with one attached hydrogen (secondary N) is 1. The van der Waals surface area contributed by atoms with Gasteiger partial charge in [0, 0.05) is 17.6 Å². The summed E-state index contributed by atoms with van der Waals surface area (Å²) in [5, 5.41) is 3.27. The smallest absolute Gasteiger partial charge is 0.252 e. The zero-order valence-corrected chi connectivity index (χ0v) is 16.1. The summed E-state index contributed by atoms with van der Waals surface area (Å²) in [6.07, 6.45) is 1.70. The first-order chi connectivity index (χ1) is 12.7. The third kappa shape index (κ3) is 3.98. The lowest BCUT2D eigenvalue weighted by molar-refractivity contribution is -0.917. The van der Waals surface area contributed by atoms with Gasteiger partial charge in [-0.2, -0.15) is 0 Å². The first-order valence-electron chi connectivity index (χ1n) is 9.44. The average Bonchev–Trinajstić information content (AvgIpc) is 3.34. The van der Waals surface area contributed by atoms with Crippen LogP contribution in [0, 0.1) is 6.92 Å². The Hall–Kier alpha value is -1.76. The van der Waals surface area contributed by atoms with E-state index < -0.39 is 0 Å². The highest BCUT2D eigenvalue weighted by atomic mass is 32.1. The number of aromatic nitrogens is 1. The van der Waals surface area contributed by atoms with E-state index in [4.69, 9.17) is 9.72 Å². The van der Waals surface area contributed by atoms with Crippen LogP contribution in [0.2, 0.25) is 0 Å². The zero-order chi connectivity index (χ0) is 17.9. The molecule has 1 N–H and O–H groups in total. The van der Waals surface area contributed by atoms with E-state index in [-0.39, 0.29) is 12.0 Å². The molecule has 2 aromatic rings. The number of hydrogen-bond acceptors (Lipinski definition) is 4. The van der Waals surface area contributed by atoms with E-state index in [9.17, 15) is 4.79 Å². The molecule has 0 unspecified atom stereocenters. The van der Waals surface area contributed by atoms with Gasteiger partial charge in [0.15, 0.2) is 0 Å². The number of carbonyl (C=O) groups excluding carboxylic acids is 1. The number of amides is 1. The molecule has 0 radical (unpaired) electrons. The summed E-state index contributed by atoms with van der Waals surface area (Å²) in [5.41, 5.74) is 3.61. The zero-order valence-electron chi connectivity index (χ0n) is 15.2. The topological polar surface area (TPSA) is 46.9 Å². The van der Waals surface area contributed by atoms with E-state index in [0.29, 0.717) is 0 Å². The fourth-order valence-electron chi connectivity index (χ4n) is 3.75. The van der Waals surface area contributed by atoms with E-state index in [1.165, 1.54) is 16.0 Å². The van der Waals surface area contributed by atoms with Crippen molar-refractivity contribution in [2.75, 3.05) is 32.8 Å². The maximum atomic E-state index is 12.4. The molecule has 0 aliphatic carbocycles. The molecule has 0 saturated carbocycles. The van der Waals surface area contributed by atoms with Crippen molar-refractivity contribution in [2.45, 2.75) is 32.4 Å². The van der Waals surface area contributed by atoms with Crippen molar-refractivity contribution >= 4 is 17.2 Å². The minimum absolute atomic E-state index is 0.188. The summed E-state index contributed by atoms with van der Waals surface area (Å²) in [6, 6.07) is 8.50. The number of hydrogen-bond donors (Lipinski definition) is 1. The normalized spacial score (nSPS) is 21.3. The number of nitrogens with zero attached hydrogens (tertiary/aromatic N) is 2. The van der Waals surface area contributed by atoms with Crippen LogP contribution in [0.25, 0.3) is 10.6 Å². The molecule has 2 aliphatic heterocycles. The molecule has 5 nitrogen and oxygen atoms in total. The van der Waals surface area contributed by atoms with E-state index in [0.717, 1.165) is 62.9 Å². The molecular formula is C20H26N3O2S+. The first kappa shape index (κ1) is 17.6. The van der Waals surface area contributed by atoms with Gasteiger partial charge in [-0.1, -0.05) is 23.8 Å². The summed E-state index contributed by atoms with van der Waals surface area (Å²) in [4.78, 5) is 20.8. The maximum Gasteiger partial charge on any atom is 0.252 e. The van der Waals surface area contributed by atoms with Crippen LogP contribution in [0.1, 0.15) is 24.1 Å². The largest absolute Gasteiger partial charge is 0.368 e. The minimum atomic E-state index is -0.188. The number of aryl methyl sites for hydroxylation is 1. The molecule has 1 amide bonds. The highest BCUT2D eigenvalue weighted by Gasteiger charge is 2.31. The number of benzene rings is 1. The van der Waals surface area contributed by atoms with Gasteiger partial charge in [0.1, 0.15) is 23.4 Å². The van der Waals surface area contributed by atoms with Gasteiger partial charge in [-0.25, -0.2) is 4.98 Å². The summed E-state index contributed by atoms with van der Waals surface area (Å²) < 4.78 is 5.54. The molecule has 138 valence electrons. The number of thiazole rings is 1. The van der Waals surface area contributed by atoms with Crippen LogP contribution in [0.4, 0.5) is 0 Å². The highest BCUT2D eigenvalue weighted by molar-refractivity contribution is 7.13. The lowest BCUT2D eigenvalue weighted by atomic mass is 10.1. The predicted octanol–water partition coefficient (Wildman–Crippen LogP) is 1.52. The Labute approximate surface area is 158 Å². The first-order valence-corrected chi connectivity index (χ1v) is 10.3. The number of piperazine rings is 1. The van der Waals surface area contributed by atoms with Gasteiger partial charge in [-0.15, -0.1) is 11.3 Å². The van der Waals surface area contributed by atoms with Gasteiger partial charge in [-0.05, 0) is 25.8 Å². The van der Waals surface area contributed by atoms with Gasteiger partial charge in [-0.3, -0.25) is 4.79 Å².